The Morgan fingerprint density at radius 3 is 2.95 bits per heavy atom. The number of benzene rings is 1. The fraction of sp³-hybridized carbons (Fsp3) is 0.286. The summed E-state index contributed by atoms with van der Waals surface area (Å²) in [6, 6.07) is 5.20. The Balaban J connectivity index is 1.85. The van der Waals surface area contributed by atoms with Crippen molar-refractivity contribution in [2.24, 2.45) is 0 Å². The van der Waals surface area contributed by atoms with Gasteiger partial charge in [-0.2, -0.15) is 0 Å². The van der Waals surface area contributed by atoms with Crippen LogP contribution >= 0.6 is 22.9 Å². The number of anilines is 1. The fourth-order valence-corrected chi connectivity index (χ4v) is 2.52. The van der Waals surface area contributed by atoms with Gasteiger partial charge in [-0.1, -0.05) is 11.6 Å². The van der Waals surface area contributed by atoms with Gasteiger partial charge in [0.15, 0.2) is 0 Å². The number of hydrogen-bond donors (Lipinski definition) is 2. The number of aryl methyl sites for hydroxylation is 1. The van der Waals surface area contributed by atoms with Crippen molar-refractivity contribution in [2.75, 3.05) is 19.0 Å². The van der Waals surface area contributed by atoms with Crippen LogP contribution in [-0.4, -0.2) is 24.5 Å². The third-order valence-corrected chi connectivity index (χ3v) is 3.79. The second-order valence-electron chi connectivity index (χ2n) is 4.33. The van der Waals surface area contributed by atoms with Crippen molar-refractivity contribution in [3.05, 3.63) is 39.3 Å². The smallest absolute Gasteiger partial charge is 0.239 e. The number of carbonyl (C=O) groups excluding carboxylic acids is 1. The van der Waals surface area contributed by atoms with Crippen LogP contribution in [0.1, 0.15) is 10.7 Å². The first-order valence-corrected chi connectivity index (χ1v) is 7.59. The first kappa shape index (κ1) is 15.6. The van der Waals surface area contributed by atoms with Gasteiger partial charge in [0.2, 0.25) is 5.91 Å². The standard InChI is InChI=1S/C14H16ClN3O2S/c1-9-18-11(8-21-9)6-17-14(19)7-16-12-5-10(15)3-4-13(12)20-2/h3-5,8,16H,6-7H2,1-2H3,(H,17,19). The molecular weight excluding hydrogens is 310 g/mol. The molecule has 0 saturated heterocycles. The number of nitrogens with one attached hydrogen (secondary N) is 2. The van der Waals surface area contributed by atoms with E-state index in [0.717, 1.165) is 10.7 Å². The highest BCUT2D eigenvalue weighted by molar-refractivity contribution is 7.09. The predicted molar refractivity (Wildman–Crippen MR) is 85.2 cm³/mol. The molecule has 0 aliphatic rings. The van der Waals surface area contributed by atoms with Crippen LogP contribution in [-0.2, 0) is 11.3 Å². The molecule has 0 atom stereocenters. The van der Waals surface area contributed by atoms with Crippen LogP contribution in [0.5, 0.6) is 5.75 Å². The molecule has 2 rings (SSSR count). The summed E-state index contributed by atoms with van der Waals surface area (Å²) in [6.07, 6.45) is 0. The minimum absolute atomic E-state index is 0.123. The molecule has 112 valence electrons. The number of amides is 1. The number of rotatable bonds is 6. The Morgan fingerprint density at radius 1 is 1.48 bits per heavy atom. The molecule has 21 heavy (non-hydrogen) atoms. The first-order valence-electron chi connectivity index (χ1n) is 6.33. The van der Waals surface area contributed by atoms with Crippen molar-refractivity contribution in [1.82, 2.24) is 10.3 Å². The maximum Gasteiger partial charge on any atom is 0.239 e. The van der Waals surface area contributed by atoms with Gasteiger partial charge < -0.3 is 15.4 Å². The van der Waals surface area contributed by atoms with E-state index >= 15 is 0 Å². The summed E-state index contributed by atoms with van der Waals surface area (Å²) in [4.78, 5) is 16.1. The summed E-state index contributed by atoms with van der Waals surface area (Å²) in [5.41, 5.74) is 1.55. The molecule has 7 heteroatoms. The maximum atomic E-state index is 11.8. The van der Waals surface area contributed by atoms with Crippen LogP contribution in [0.3, 0.4) is 0 Å². The van der Waals surface area contributed by atoms with E-state index in [4.69, 9.17) is 16.3 Å². The van der Waals surface area contributed by atoms with Gasteiger partial charge in [0, 0.05) is 10.4 Å². The molecule has 0 aliphatic carbocycles. The van der Waals surface area contributed by atoms with Crippen molar-refractivity contribution in [2.45, 2.75) is 13.5 Å². The third-order valence-electron chi connectivity index (χ3n) is 2.73. The van der Waals surface area contributed by atoms with Crippen LogP contribution in [0, 0.1) is 6.92 Å². The molecule has 2 aromatic rings. The predicted octanol–water partition coefficient (Wildman–Crippen LogP) is 2.84. The van der Waals surface area contributed by atoms with Gasteiger partial charge in [-0.25, -0.2) is 4.98 Å². The van der Waals surface area contributed by atoms with Gasteiger partial charge in [0.05, 0.1) is 36.6 Å². The van der Waals surface area contributed by atoms with Crippen molar-refractivity contribution in [1.29, 1.82) is 0 Å². The Kier molecular flexibility index (Phi) is 5.41. The molecule has 5 nitrogen and oxygen atoms in total. The minimum atomic E-state index is -0.123. The zero-order valence-corrected chi connectivity index (χ0v) is 13.3. The molecule has 0 aliphatic heterocycles. The minimum Gasteiger partial charge on any atom is -0.495 e. The fourth-order valence-electron chi connectivity index (χ4n) is 1.73. The Labute approximate surface area is 132 Å². The van der Waals surface area contributed by atoms with E-state index in [2.05, 4.69) is 15.6 Å². The van der Waals surface area contributed by atoms with Crippen LogP contribution < -0.4 is 15.4 Å². The van der Waals surface area contributed by atoms with E-state index in [1.807, 2.05) is 12.3 Å². The molecule has 0 fully saturated rings. The van der Waals surface area contributed by atoms with E-state index in [9.17, 15) is 4.79 Å². The average Bonchev–Trinajstić information content (AvgIpc) is 2.88. The van der Waals surface area contributed by atoms with E-state index in [1.54, 1.807) is 36.6 Å². The largest absolute Gasteiger partial charge is 0.495 e. The molecule has 0 radical (unpaired) electrons. The van der Waals surface area contributed by atoms with E-state index < -0.39 is 0 Å². The summed E-state index contributed by atoms with van der Waals surface area (Å²) in [6.45, 7) is 2.50. The van der Waals surface area contributed by atoms with Crippen molar-refractivity contribution >= 4 is 34.5 Å². The SMILES string of the molecule is COc1ccc(Cl)cc1NCC(=O)NCc1csc(C)n1. The normalized spacial score (nSPS) is 10.2. The van der Waals surface area contributed by atoms with Gasteiger partial charge >= 0.3 is 0 Å². The lowest BCUT2D eigenvalue weighted by Crippen LogP contribution is -2.29. The molecule has 0 unspecified atom stereocenters. The summed E-state index contributed by atoms with van der Waals surface area (Å²) in [5.74, 6) is 0.519. The highest BCUT2D eigenvalue weighted by Crippen LogP contribution is 2.27. The number of hydrogen-bond acceptors (Lipinski definition) is 5. The van der Waals surface area contributed by atoms with Crippen LogP contribution in [0.2, 0.25) is 5.02 Å². The highest BCUT2D eigenvalue weighted by atomic mass is 35.5. The van der Waals surface area contributed by atoms with Gasteiger partial charge in [0.1, 0.15) is 5.75 Å². The Bertz CT molecular complexity index is 630. The molecule has 2 N–H and O–H groups in total. The lowest BCUT2D eigenvalue weighted by molar-refractivity contribution is -0.119. The number of ether oxygens (including phenoxy) is 1. The number of halogens is 1. The number of thiazole rings is 1. The van der Waals surface area contributed by atoms with Gasteiger partial charge in [-0.15, -0.1) is 11.3 Å². The van der Waals surface area contributed by atoms with Crippen molar-refractivity contribution < 1.29 is 9.53 Å². The van der Waals surface area contributed by atoms with Gasteiger partial charge in [-0.05, 0) is 25.1 Å². The van der Waals surface area contributed by atoms with E-state index in [-0.39, 0.29) is 12.5 Å². The van der Waals surface area contributed by atoms with Crippen molar-refractivity contribution in [3.8, 4) is 5.75 Å². The van der Waals surface area contributed by atoms with Crippen LogP contribution in [0.25, 0.3) is 0 Å². The van der Waals surface area contributed by atoms with E-state index in [1.165, 1.54) is 0 Å². The molecule has 1 aromatic heterocycles. The van der Waals surface area contributed by atoms with Gasteiger partial charge in [-0.3, -0.25) is 4.79 Å². The zero-order valence-electron chi connectivity index (χ0n) is 11.8. The number of methoxy groups -OCH3 is 1. The lowest BCUT2D eigenvalue weighted by atomic mass is 10.3. The first-order chi connectivity index (χ1) is 10.1. The average molecular weight is 326 g/mol. The third kappa shape index (κ3) is 4.61. The molecular formula is C14H16ClN3O2S. The zero-order chi connectivity index (χ0) is 15.2. The lowest BCUT2D eigenvalue weighted by Gasteiger charge is -2.11. The molecule has 0 saturated carbocycles. The summed E-state index contributed by atoms with van der Waals surface area (Å²) < 4.78 is 5.20. The molecule has 1 amide bonds. The van der Waals surface area contributed by atoms with Crippen LogP contribution in [0.4, 0.5) is 5.69 Å². The Hall–Kier alpha value is -1.79. The molecule has 0 bridgehead atoms. The molecule has 1 aromatic carbocycles. The monoisotopic (exact) mass is 325 g/mol. The maximum absolute atomic E-state index is 11.8. The quantitative estimate of drug-likeness (QED) is 0.857. The topological polar surface area (TPSA) is 63.2 Å². The number of carbonyl (C=O) groups is 1. The highest BCUT2D eigenvalue weighted by Gasteiger charge is 2.07. The summed E-state index contributed by atoms with van der Waals surface area (Å²) in [7, 11) is 1.57. The summed E-state index contributed by atoms with van der Waals surface area (Å²) in [5, 5.41) is 9.31. The second-order valence-corrected chi connectivity index (χ2v) is 5.83. The number of aromatic nitrogens is 1. The van der Waals surface area contributed by atoms with Crippen molar-refractivity contribution in [3.63, 3.8) is 0 Å². The van der Waals surface area contributed by atoms with E-state index in [0.29, 0.717) is 23.0 Å². The van der Waals surface area contributed by atoms with Crippen LogP contribution in [0.15, 0.2) is 23.6 Å². The number of nitrogens with zero attached hydrogens (tertiary/aromatic N) is 1. The second kappa shape index (κ2) is 7.28. The molecule has 0 spiro atoms. The molecule has 1 heterocycles. The Morgan fingerprint density at radius 2 is 2.29 bits per heavy atom. The summed E-state index contributed by atoms with van der Waals surface area (Å²) >= 11 is 7.49. The van der Waals surface area contributed by atoms with Gasteiger partial charge in [0.25, 0.3) is 0 Å².